The van der Waals surface area contributed by atoms with E-state index in [-0.39, 0.29) is 12.5 Å². The maximum atomic E-state index is 10.9. The minimum atomic E-state index is -0.830. The van der Waals surface area contributed by atoms with Crippen LogP contribution in [-0.4, -0.2) is 22.8 Å². The lowest BCUT2D eigenvalue weighted by Crippen LogP contribution is -2.00. The van der Waals surface area contributed by atoms with Crippen LogP contribution < -0.4 is 4.74 Å². The first-order valence-corrected chi connectivity index (χ1v) is 5.92. The van der Waals surface area contributed by atoms with E-state index in [4.69, 9.17) is 9.84 Å². The molecule has 0 amide bonds. The first kappa shape index (κ1) is 12.5. The fraction of sp³-hybridized carbons (Fsp3) is 0.357. The summed E-state index contributed by atoms with van der Waals surface area (Å²) in [6.45, 7) is 4.15. The Kier molecular flexibility index (Phi) is 3.28. The van der Waals surface area contributed by atoms with Gasteiger partial charge in [-0.05, 0) is 31.5 Å². The summed E-state index contributed by atoms with van der Waals surface area (Å²) in [6.07, 6.45) is 1.92. The Morgan fingerprint density at radius 3 is 2.72 bits per heavy atom. The largest absolute Gasteiger partial charge is 0.496 e. The molecule has 96 valence electrons. The summed E-state index contributed by atoms with van der Waals surface area (Å²) in [7, 11) is 1.60. The molecule has 0 atom stereocenters. The van der Waals surface area contributed by atoms with Gasteiger partial charge < -0.3 is 14.4 Å². The van der Waals surface area contributed by atoms with Gasteiger partial charge in [-0.1, -0.05) is 6.07 Å². The van der Waals surface area contributed by atoms with Crippen molar-refractivity contribution in [3.63, 3.8) is 0 Å². The minimum absolute atomic E-state index is 0.0105. The van der Waals surface area contributed by atoms with Crippen LogP contribution in [0.4, 0.5) is 0 Å². The number of nitrogens with zero attached hydrogens (tertiary/aromatic N) is 1. The molecule has 2 rings (SSSR count). The van der Waals surface area contributed by atoms with Gasteiger partial charge in [0.2, 0.25) is 0 Å². The fourth-order valence-electron chi connectivity index (χ4n) is 2.25. The summed E-state index contributed by atoms with van der Waals surface area (Å²) in [6, 6.07) is 6.05. The second-order valence-electron chi connectivity index (χ2n) is 4.58. The molecule has 0 aliphatic heterocycles. The lowest BCUT2D eigenvalue weighted by molar-refractivity contribution is -0.136. The number of fused-ring (bicyclic) bond motifs is 1. The number of methoxy groups -OCH3 is 1. The lowest BCUT2D eigenvalue weighted by atomic mass is 10.1. The lowest BCUT2D eigenvalue weighted by Gasteiger charge is -2.09. The first-order chi connectivity index (χ1) is 8.54. The zero-order valence-electron chi connectivity index (χ0n) is 10.8. The molecule has 4 heteroatoms. The van der Waals surface area contributed by atoms with Crippen LogP contribution in [0.3, 0.4) is 0 Å². The maximum Gasteiger partial charge on any atom is 0.307 e. The van der Waals surface area contributed by atoms with Crippen molar-refractivity contribution in [3.05, 3.63) is 30.0 Å². The molecule has 1 aromatic heterocycles. The predicted octanol–water partition coefficient (Wildman–Crippen LogP) is 2.86. The summed E-state index contributed by atoms with van der Waals surface area (Å²) >= 11 is 0. The molecule has 0 bridgehead atoms. The van der Waals surface area contributed by atoms with Crippen LogP contribution in [0.5, 0.6) is 5.75 Å². The van der Waals surface area contributed by atoms with Crippen molar-refractivity contribution in [1.82, 2.24) is 4.57 Å². The highest BCUT2D eigenvalue weighted by molar-refractivity contribution is 5.92. The smallest absolute Gasteiger partial charge is 0.307 e. The Labute approximate surface area is 106 Å². The van der Waals surface area contributed by atoms with E-state index in [2.05, 4.69) is 18.4 Å². The average Bonchev–Trinajstić information content (AvgIpc) is 2.67. The number of ether oxygens (including phenoxy) is 1. The highest BCUT2D eigenvalue weighted by Crippen LogP contribution is 2.32. The molecule has 0 unspecified atom stereocenters. The number of hydrogen-bond acceptors (Lipinski definition) is 2. The number of carbonyl (C=O) groups is 1. The van der Waals surface area contributed by atoms with Crippen LogP contribution in [0.2, 0.25) is 0 Å². The third-order valence-electron chi connectivity index (χ3n) is 3.02. The molecule has 0 aliphatic carbocycles. The van der Waals surface area contributed by atoms with Crippen molar-refractivity contribution in [1.29, 1.82) is 0 Å². The quantitative estimate of drug-likeness (QED) is 0.903. The normalized spacial score (nSPS) is 11.1. The Morgan fingerprint density at radius 2 is 2.17 bits per heavy atom. The Hall–Kier alpha value is -1.97. The first-order valence-electron chi connectivity index (χ1n) is 5.92. The van der Waals surface area contributed by atoms with Crippen LogP contribution in [0.25, 0.3) is 10.9 Å². The highest BCUT2D eigenvalue weighted by atomic mass is 16.5. The molecular formula is C14H17NO3. The molecule has 0 fully saturated rings. The zero-order valence-corrected chi connectivity index (χ0v) is 10.8. The van der Waals surface area contributed by atoms with Crippen molar-refractivity contribution >= 4 is 16.9 Å². The summed E-state index contributed by atoms with van der Waals surface area (Å²) in [4.78, 5) is 10.9. The van der Waals surface area contributed by atoms with Crippen molar-refractivity contribution in [3.8, 4) is 5.75 Å². The van der Waals surface area contributed by atoms with Crippen molar-refractivity contribution < 1.29 is 14.6 Å². The van der Waals surface area contributed by atoms with E-state index < -0.39 is 5.97 Å². The van der Waals surface area contributed by atoms with Crippen LogP contribution in [-0.2, 0) is 11.2 Å². The molecule has 2 aromatic rings. The van der Waals surface area contributed by atoms with Crippen LogP contribution >= 0.6 is 0 Å². The fourth-order valence-corrected chi connectivity index (χ4v) is 2.25. The molecule has 0 spiro atoms. The molecule has 0 radical (unpaired) electrons. The van der Waals surface area contributed by atoms with Gasteiger partial charge in [-0.3, -0.25) is 4.79 Å². The molecular weight excluding hydrogens is 230 g/mol. The van der Waals surface area contributed by atoms with Gasteiger partial charge in [-0.15, -0.1) is 0 Å². The van der Waals surface area contributed by atoms with Crippen LogP contribution in [0.15, 0.2) is 24.4 Å². The van der Waals surface area contributed by atoms with E-state index in [1.54, 1.807) is 7.11 Å². The van der Waals surface area contributed by atoms with E-state index in [9.17, 15) is 4.79 Å². The number of hydrogen-bond donors (Lipinski definition) is 1. The third-order valence-corrected chi connectivity index (χ3v) is 3.02. The Bertz CT molecular complexity index is 584. The van der Waals surface area contributed by atoms with E-state index in [1.165, 1.54) is 0 Å². The minimum Gasteiger partial charge on any atom is -0.496 e. The predicted molar refractivity (Wildman–Crippen MR) is 70.2 cm³/mol. The average molecular weight is 247 g/mol. The standard InChI is InChI=1S/C14H17NO3/c1-9(2)15-8-10(7-13(16)17)14-11(15)5-4-6-12(14)18-3/h4-6,8-9H,7H2,1-3H3,(H,16,17). The van der Waals surface area contributed by atoms with Crippen molar-refractivity contribution in [2.45, 2.75) is 26.3 Å². The van der Waals surface area contributed by atoms with E-state index >= 15 is 0 Å². The summed E-state index contributed by atoms with van der Waals surface area (Å²) in [5.74, 6) is -0.105. The number of aromatic nitrogens is 1. The summed E-state index contributed by atoms with van der Waals surface area (Å²) < 4.78 is 7.42. The van der Waals surface area contributed by atoms with Crippen molar-refractivity contribution in [2.24, 2.45) is 0 Å². The van der Waals surface area contributed by atoms with Crippen LogP contribution in [0.1, 0.15) is 25.5 Å². The molecule has 1 heterocycles. The van der Waals surface area contributed by atoms with Crippen LogP contribution in [0, 0.1) is 0 Å². The molecule has 18 heavy (non-hydrogen) atoms. The Balaban J connectivity index is 2.72. The SMILES string of the molecule is COc1cccc2c1c(CC(=O)O)cn2C(C)C. The van der Waals surface area contributed by atoms with Crippen molar-refractivity contribution in [2.75, 3.05) is 7.11 Å². The van der Waals surface area contributed by atoms with Gasteiger partial charge in [0.25, 0.3) is 0 Å². The van der Waals surface area contributed by atoms with Gasteiger partial charge in [-0.2, -0.15) is 0 Å². The number of carboxylic acids is 1. The molecule has 1 aromatic carbocycles. The summed E-state index contributed by atoms with van der Waals surface area (Å²) in [5, 5.41) is 9.89. The molecule has 4 nitrogen and oxygen atoms in total. The number of benzene rings is 1. The molecule has 0 aliphatic rings. The topological polar surface area (TPSA) is 51.5 Å². The zero-order chi connectivity index (χ0) is 13.3. The second-order valence-corrected chi connectivity index (χ2v) is 4.58. The third kappa shape index (κ3) is 2.06. The van der Waals surface area contributed by atoms with Gasteiger partial charge in [0.1, 0.15) is 5.75 Å². The monoisotopic (exact) mass is 247 g/mol. The molecule has 1 N–H and O–H groups in total. The summed E-state index contributed by atoms with van der Waals surface area (Å²) in [5.41, 5.74) is 1.81. The van der Waals surface area contributed by atoms with Gasteiger partial charge >= 0.3 is 5.97 Å². The van der Waals surface area contributed by atoms with E-state index in [1.807, 2.05) is 24.4 Å². The molecule has 0 saturated carbocycles. The number of rotatable bonds is 4. The number of aliphatic carboxylic acids is 1. The van der Waals surface area contributed by atoms with Gasteiger partial charge in [0, 0.05) is 17.6 Å². The van der Waals surface area contributed by atoms with E-state index in [0.717, 1.165) is 22.2 Å². The van der Waals surface area contributed by atoms with Gasteiger partial charge in [0.15, 0.2) is 0 Å². The second kappa shape index (κ2) is 4.72. The number of carboxylic acid groups (broad SMARTS) is 1. The van der Waals surface area contributed by atoms with E-state index in [0.29, 0.717) is 0 Å². The van der Waals surface area contributed by atoms with Gasteiger partial charge in [-0.25, -0.2) is 0 Å². The molecule has 0 saturated heterocycles. The Morgan fingerprint density at radius 1 is 1.44 bits per heavy atom. The highest BCUT2D eigenvalue weighted by Gasteiger charge is 2.16. The van der Waals surface area contributed by atoms with Gasteiger partial charge in [0.05, 0.1) is 19.0 Å². The maximum absolute atomic E-state index is 10.9.